The number of benzene rings is 1. The van der Waals surface area contributed by atoms with Gasteiger partial charge in [0.2, 0.25) is 0 Å². The van der Waals surface area contributed by atoms with Gasteiger partial charge in [-0.05, 0) is 68.3 Å². The van der Waals surface area contributed by atoms with Gasteiger partial charge in [0.25, 0.3) is 0 Å². The summed E-state index contributed by atoms with van der Waals surface area (Å²) in [6.45, 7) is 4.81. The van der Waals surface area contributed by atoms with Gasteiger partial charge in [-0.25, -0.2) is 4.79 Å². The van der Waals surface area contributed by atoms with Gasteiger partial charge in [-0.2, -0.15) is 4.68 Å². The molecule has 1 aliphatic rings. The van der Waals surface area contributed by atoms with Crippen molar-refractivity contribution in [3.8, 4) is 11.4 Å². The normalized spacial score (nSPS) is 17.6. The van der Waals surface area contributed by atoms with Crippen molar-refractivity contribution in [1.29, 1.82) is 0 Å². The van der Waals surface area contributed by atoms with Crippen LogP contribution in [0.4, 0.5) is 0 Å². The molecule has 0 bridgehead atoms. The molecule has 28 heavy (non-hydrogen) atoms. The third-order valence-corrected chi connectivity index (χ3v) is 5.20. The molecule has 1 aliphatic heterocycles. The highest BCUT2D eigenvalue weighted by atomic mass is 16.5. The zero-order valence-corrected chi connectivity index (χ0v) is 16.3. The summed E-state index contributed by atoms with van der Waals surface area (Å²) in [7, 11) is 1.62. The van der Waals surface area contributed by atoms with E-state index in [1.54, 1.807) is 7.11 Å². The van der Waals surface area contributed by atoms with Crippen molar-refractivity contribution in [3.63, 3.8) is 0 Å². The molecule has 0 radical (unpaired) electrons. The number of rotatable bonds is 5. The Bertz CT molecular complexity index is 993. The summed E-state index contributed by atoms with van der Waals surface area (Å²) >= 11 is 0. The third-order valence-electron chi connectivity index (χ3n) is 5.20. The van der Waals surface area contributed by atoms with Crippen LogP contribution < -0.4 is 10.4 Å². The number of hydrogen-bond acceptors (Lipinski definition) is 5. The molecule has 3 heterocycles. The molecule has 7 heteroatoms. The van der Waals surface area contributed by atoms with E-state index in [9.17, 15) is 4.79 Å². The Hall–Kier alpha value is -2.93. The van der Waals surface area contributed by atoms with Crippen LogP contribution in [0.2, 0.25) is 0 Å². The molecule has 1 N–H and O–H groups in total. The molecule has 1 fully saturated rings. The number of H-pyrrole nitrogens is 1. The largest absolute Gasteiger partial charge is 0.497 e. The van der Waals surface area contributed by atoms with E-state index in [-0.39, 0.29) is 11.6 Å². The summed E-state index contributed by atoms with van der Waals surface area (Å²) in [5.41, 5.74) is 2.82. The maximum absolute atomic E-state index is 12.4. The van der Waals surface area contributed by atoms with Crippen molar-refractivity contribution in [2.45, 2.75) is 32.2 Å². The topological polar surface area (TPSA) is 76.0 Å². The molecule has 1 atom stereocenters. The second-order valence-electron chi connectivity index (χ2n) is 7.32. The first kappa shape index (κ1) is 18.4. The highest BCUT2D eigenvalue weighted by molar-refractivity contribution is 5.36. The van der Waals surface area contributed by atoms with Crippen molar-refractivity contribution in [2.75, 3.05) is 20.2 Å². The standard InChI is InChI=1S/C21H25N5O2/c1-15-9-10-22-17(12-15)14-25-11-3-4-16(13-25)20-23-21(27)26(24-20)18-5-7-19(28-2)8-6-18/h5-10,12,16H,3-4,11,13-14H2,1-2H3,(H,23,24,27). The van der Waals surface area contributed by atoms with Crippen molar-refractivity contribution < 1.29 is 4.74 Å². The molecule has 3 aromatic rings. The average Bonchev–Trinajstić information content (AvgIpc) is 3.10. The summed E-state index contributed by atoms with van der Waals surface area (Å²) in [6, 6.07) is 11.5. The zero-order valence-electron chi connectivity index (χ0n) is 16.3. The number of hydrogen-bond donors (Lipinski definition) is 1. The number of methoxy groups -OCH3 is 1. The number of pyridine rings is 1. The first-order valence-corrected chi connectivity index (χ1v) is 9.60. The number of piperidine rings is 1. The molecule has 1 aromatic carbocycles. The van der Waals surface area contributed by atoms with Crippen LogP contribution in [0.5, 0.6) is 5.75 Å². The minimum absolute atomic E-state index is 0.211. The predicted molar refractivity (Wildman–Crippen MR) is 107 cm³/mol. The van der Waals surface area contributed by atoms with Crippen LogP contribution in [0.15, 0.2) is 47.4 Å². The van der Waals surface area contributed by atoms with E-state index in [2.05, 4.69) is 33.0 Å². The van der Waals surface area contributed by atoms with Crippen molar-refractivity contribution in [3.05, 3.63) is 70.2 Å². The number of nitrogens with one attached hydrogen (secondary N) is 1. The number of aryl methyl sites for hydroxylation is 1. The van der Waals surface area contributed by atoms with Gasteiger partial charge >= 0.3 is 5.69 Å². The highest BCUT2D eigenvalue weighted by Gasteiger charge is 2.25. The van der Waals surface area contributed by atoms with Crippen LogP contribution in [0.3, 0.4) is 0 Å². The monoisotopic (exact) mass is 379 g/mol. The fourth-order valence-electron chi connectivity index (χ4n) is 3.76. The Morgan fingerprint density at radius 2 is 2.07 bits per heavy atom. The third kappa shape index (κ3) is 3.99. The van der Waals surface area contributed by atoms with E-state index in [1.165, 1.54) is 10.2 Å². The highest BCUT2D eigenvalue weighted by Crippen LogP contribution is 2.25. The maximum atomic E-state index is 12.4. The van der Waals surface area contributed by atoms with Gasteiger partial charge in [0.15, 0.2) is 0 Å². The summed E-state index contributed by atoms with van der Waals surface area (Å²) < 4.78 is 6.60. The Kier molecular flexibility index (Phi) is 5.25. The summed E-state index contributed by atoms with van der Waals surface area (Å²) in [5, 5.41) is 4.58. The lowest BCUT2D eigenvalue weighted by Crippen LogP contribution is -2.34. The van der Waals surface area contributed by atoms with Crippen LogP contribution in [0.1, 0.15) is 35.8 Å². The first-order valence-electron chi connectivity index (χ1n) is 9.60. The second kappa shape index (κ2) is 7.98. The Morgan fingerprint density at radius 3 is 2.82 bits per heavy atom. The fraction of sp³-hybridized carbons (Fsp3) is 0.381. The lowest BCUT2D eigenvalue weighted by atomic mass is 9.97. The lowest BCUT2D eigenvalue weighted by Gasteiger charge is -2.31. The molecular weight excluding hydrogens is 354 g/mol. The molecule has 1 saturated heterocycles. The van der Waals surface area contributed by atoms with Gasteiger partial charge < -0.3 is 4.74 Å². The number of ether oxygens (including phenoxy) is 1. The Morgan fingerprint density at radius 1 is 1.25 bits per heavy atom. The van der Waals surface area contributed by atoms with Crippen molar-refractivity contribution >= 4 is 0 Å². The zero-order chi connectivity index (χ0) is 19.5. The van der Waals surface area contributed by atoms with Gasteiger partial charge in [-0.15, -0.1) is 5.10 Å². The molecular formula is C21H25N5O2. The quantitative estimate of drug-likeness (QED) is 0.738. The number of aromatic nitrogens is 4. The molecule has 1 unspecified atom stereocenters. The summed E-state index contributed by atoms with van der Waals surface area (Å²) in [5.74, 6) is 1.72. The molecule has 0 spiro atoms. The van der Waals surface area contributed by atoms with E-state index < -0.39 is 0 Å². The van der Waals surface area contributed by atoms with Gasteiger partial charge in [0.1, 0.15) is 11.6 Å². The molecule has 0 aliphatic carbocycles. The van der Waals surface area contributed by atoms with Gasteiger partial charge in [-0.3, -0.25) is 14.9 Å². The van der Waals surface area contributed by atoms with E-state index >= 15 is 0 Å². The van der Waals surface area contributed by atoms with Crippen molar-refractivity contribution in [1.82, 2.24) is 24.6 Å². The lowest BCUT2D eigenvalue weighted by molar-refractivity contribution is 0.194. The van der Waals surface area contributed by atoms with Crippen LogP contribution in [-0.4, -0.2) is 44.8 Å². The average molecular weight is 379 g/mol. The molecule has 2 aromatic heterocycles. The van der Waals surface area contributed by atoms with Crippen LogP contribution in [0.25, 0.3) is 5.69 Å². The van der Waals surface area contributed by atoms with Gasteiger partial charge in [-0.1, -0.05) is 0 Å². The van der Waals surface area contributed by atoms with Gasteiger partial charge in [0, 0.05) is 25.2 Å². The van der Waals surface area contributed by atoms with E-state index in [0.29, 0.717) is 0 Å². The Balaban J connectivity index is 1.50. The molecule has 0 saturated carbocycles. The SMILES string of the molecule is COc1ccc(-n2nc(C3CCCN(Cc4cc(C)ccn4)C3)[nH]c2=O)cc1. The van der Waals surface area contributed by atoms with Crippen LogP contribution >= 0.6 is 0 Å². The van der Waals surface area contributed by atoms with E-state index in [4.69, 9.17) is 4.74 Å². The van der Waals surface area contributed by atoms with E-state index in [0.717, 1.165) is 55.4 Å². The Labute approximate surface area is 164 Å². The molecule has 0 amide bonds. The maximum Gasteiger partial charge on any atom is 0.348 e. The number of aromatic amines is 1. The fourth-order valence-corrected chi connectivity index (χ4v) is 3.76. The van der Waals surface area contributed by atoms with Gasteiger partial charge in [0.05, 0.1) is 18.5 Å². The number of nitrogens with zero attached hydrogens (tertiary/aromatic N) is 4. The summed E-state index contributed by atoms with van der Waals surface area (Å²) in [6.07, 6.45) is 3.96. The van der Waals surface area contributed by atoms with Crippen molar-refractivity contribution in [2.24, 2.45) is 0 Å². The minimum atomic E-state index is -0.211. The van der Waals surface area contributed by atoms with E-state index in [1.807, 2.05) is 36.5 Å². The molecule has 4 rings (SSSR count). The summed E-state index contributed by atoms with van der Waals surface area (Å²) in [4.78, 5) is 22.3. The first-order chi connectivity index (χ1) is 13.6. The second-order valence-corrected chi connectivity index (χ2v) is 7.32. The minimum Gasteiger partial charge on any atom is -0.497 e. The smallest absolute Gasteiger partial charge is 0.348 e. The predicted octanol–water partition coefficient (Wildman–Crippen LogP) is 2.65. The van der Waals surface area contributed by atoms with Crippen LogP contribution in [0, 0.1) is 6.92 Å². The number of likely N-dealkylation sites (tertiary alicyclic amines) is 1. The van der Waals surface area contributed by atoms with Crippen LogP contribution in [-0.2, 0) is 6.54 Å². The molecule has 7 nitrogen and oxygen atoms in total. The molecule has 146 valence electrons.